The number of ether oxygens (including phenoxy) is 1. The van der Waals surface area contributed by atoms with Gasteiger partial charge in [0.2, 0.25) is 0 Å². The molecule has 0 aliphatic heterocycles. The number of methoxy groups -OCH3 is 1. The maximum atomic E-state index is 12.3. The van der Waals surface area contributed by atoms with Crippen LogP contribution in [0.15, 0.2) is 48.5 Å². The van der Waals surface area contributed by atoms with Crippen molar-refractivity contribution in [3.8, 4) is 5.75 Å². The van der Waals surface area contributed by atoms with Gasteiger partial charge in [0, 0.05) is 15.8 Å². The number of hydrogen-bond donors (Lipinski definition) is 1. The fourth-order valence-corrected chi connectivity index (χ4v) is 3.47. The van der Waals surface area contributed by atoms with Crippen LogP contribution in [0.25, 0.3) is 10.1 Å². The molecule has 0 fully saturated rings. The molecule has 0 aliphatic carbocycles. The molecule has 0 saturated carbocycles. The van der Waals surface area contributed by atoms with E-state index in [1.165, 1.54) is 11.3 Å². The van der Waals surface area contributed by atoms with E-state index in [0.29, 0.717) is 9.90 Å². The van der Waals surface area contributed by atoms with Gasteiger partial charge in [-0.15, -0.1) is 11.3 Å². The predicted octanol–water partition coefficient (Wildman–Crippen LogP) is 4.82. The minimum absolute atomic E-state index is 0.202. The molecule has 3 nitrogen and oxygen atoms in total. The topological polar surface area (TPSA) is 38.3 Å². The Balaban J connectivity index is 1.96. The van der Waals surface area contributed by atoms with Crippen molar-refractivity contribution in [1.29, 1.82) is 0 Å². The standard InChI is InChI=1S/C16H12ClNO2S/c1-20-11-7-8-12-13(9-11)21-15(14(12)17)16(19)18-10-5-3-2-4-6-10/h2-9H,1H3,(H,18,19). The van der Waals surface area contributed by atoms with Crippen molar-refractivity contribution < 1.29 is 9.53 Å². The number of hydrogen-bond acceptors (Lipinski definition) is 3. The summed E-state index contributed by atoms with van der Waals surface area (Å²) in [6.07, 6.45) is 0. The van der Waals surface area contributed by atoms with Gasteiger partial charge in [-0.2, -0.15) is 0 Å². The zero-order chi connectivity index (χ0) is 14.8. The molecule has 0 saturated heterocycles. The molecule has 0 atom stereocenters. The quantitative estimate of drug-likeness (QED) is 0.752. The Labute approximate surface area is 131 Å². The van der Waals surface area contributed by atoms with E-state index in [1.807, 2.05) is 48.5 Å². The smallest absolute Gasteiger partial charge is 0.267 e. The molecule has 1 N–H and O–H groups in total. The van der Waals surface area contributed by atoms with Crippen LogP contribution in [-0.2, 0) is 0 Å². The number of halogens is 1. The first-order valence-electron chi connectivity index (χ1n) is 6.31. The first kappa shape index (κ1) is 13.9. The average molecular weight is 318 g/mol. The first-order chi connectivity index (χ1) is 10.2. The number of para-hydroxylation sites is 1. The lowest BCUT2D eigenvalue weighted by Crippen LogP contribution is -2.10. The Morgan fingerprint density at radius 1 is 1.19 bits per heavy atom. The van der Waals surface area contributed by atoms with Crippen LogP contribution in [0.4, 0.5) is 5.69 Å². The highest BCUT2D eigenvalue weighted by atomic mass is 35.5. The van der Waals surface area contributed by atoms with E-state index in [9.17, 15) is 4.79 Å². The summed E-state index contributed by atoms with van der Waals surface area (Å²) in [7, 11) is 1.61. The van der Waals surface area contributed by atoms with Gasteiger partial charge in [0.25, 0.3) is 5.91 Å². The van der Waals surface area contributed by atoms with Crippen molar-refractivity contribution in [2.75, 3.05) is 12.4 Å². The highest BCUT2D eigenvalue weighted by molar-refractivity contribution is 7.21. The van der Waals surface area contributed by atoms with Gasteiger partial charge in [-0.05, 0) is 30.3 Å². The van der Waals surface area contributed by atoms with Crippen molar-refractivity contribution in [2.45, 2.75) is 0 Å². The maximum absolute atomic E-state index is 12.3. The normalized spacial score (nSPS) is 10.6. The largest absolute Gasteiger partial charge is 0.497 e. The van der Waals surface area contributed by atoms with E-state index >= 15 is 0 Å². The van der Waals surface area contributed by atoms with Crippen LogP contribution in [0.3, 0.4) is 0 Å². The number of rotatable bonds is 3. The number of anilines is 1. The third-order valence-electron chi connectivity index (χ3n) is 3.07. The molecule has 0 aliphatic rings. The van der Waals surface area contributed by atoms with Crippen molar-refractivity contribution in [3.05, 3.63) is 58.4 Å². The number of fused-ring (bicyclic) bond motifs is 1. The minimum atomic E-state index is -0.202. The number of amides is 1. The summed E-state index contributed by atoms with van der Waals surface area (Å²) in [4.78, 5) is 12.8. The third kappa shape index (κ3) is 2.73. The SMILES string of the molecule is COc1ccc2c(Cl)c(C(=O)Nc3ccccc3)sc2c1. The molecule has 3 aromatic rings. The summed E-state index contributed by atoms with van der Waals surface area (Å²) in [6, 6.07) is 14.9. The first-order valence-corrected chi connectivity index (χ1v) is 7.51. The van der Waals surface area contributed by atoms with Crippen LogP contribution in [0, 0.1) is 0 Å². The zero-order valence-electron chi connectivity index (χ0n) is 11.2. The van der Waals surface area contributed by atoms with Crippen LogP contribution in [0.1, 0.15) is 9.67 Å². The van der Waals surface area contributed by atoms with Gasteiger partial charge in [-0.3, -0.25) is 4.79 Å². The Bertz CT molecular complexity index is 799. The Morgan fingerprint density at radius 3 is 2.67 bits per heavy atom. The summed E-state index contributed by atoms with van der Waals surface area (Å²) in [5.41, 5.74) is 0.744. The van der Waals surface area contributed by atoms with E-state index in [4.69, 9.17) is 16.3 Å². The number of benzene rings is 2. The van der Waals surface area contributed by atoms with Crippen molar-refractivity contribution >= 4 is 44.6 Å². The van der Waals surface area contributed by atoms with E-state index < -0.39 is 0 Å². The summed E-state index contributed by atoms with van der Waals surface area (Å²) in [5, 5.41) is 4.18. The van der Waals surface area contributed by atoms with Gasteiger partial charge in [0.1, 0.15) is 10.6 Å². The second-order valence-electron chi connectivity index (χ2n) is 4.43. The van der Waals surface area contributed by atoms with Crippen LogP contribution in [0.2, 0.25) is 5.02 Å². The van der Waals surface area contributed by atoms with Crippen LogP contribution >= 0.6 is 22.9 Å². The van der Waals surface area contributed by atoms with E-state index in [2.05, 4.69) is 5.32 Å². The Kier molecular flexibility index (Phi) is 3.82. The lowest BCUT2D eigenvalue weighted by atomic mass is 10.2. The molecule has 21 heavy (non-hydrogen) atoms. The molecule has 2 aromatic carbocycles. The average Bonchev–Trinajstić information content (AvgIpc) is 2.85. The number of nitrogens with one attached hydrogen (secondary N) is 1. The van der Waals surface area contributed by atoms with Crippen LogP contribution in [-0.4, -0.2) is 13.0 Å². The van der Waals surface area contributed by atoms with Gasteiger partial charge in [0.05, 0.1) is 12.1 Å². The fraction of sp³-hybridized carbons (Fsp3) is 0.0625. The maximum Gasteiger partial charge on any atom is 0.267 e. The van der Waals surface area contributed by atoms with Gasteiger partial charge in [-0.1, -0.05) is 29.8 Å². The third-order valence-corrected chi connectivity index (χ3v) is 4.73. The molecule has 1 heterocycles. The number of carbonyl (C=O) groups excluding carboxylic acids is 1. The monoisotopic (exact) mass is 317 g/mol. The molecule has 5 heteroatoms. The molecular formula is C16H12ClNO2S. The molecular weight excluding hydrogens is 306 g/mol. The van der Waals surface area contributed by atoms with E-state index in [1.54, 1.807) is 7.11 Å². The molecule has 0 spiro atoms. The van der Waals surface area contributed by atoms with E-state index in [0.717, 1.165) is 21.5 Å². The predicted molar refractivity (Wildman–Crippen MR) is 87.8 cm³/mol. The van der Waals surface area contributed by atoms with E-state index in [-0.39, 0.29) is 5.91 Å². The molecule has 106 valence electrons. The fourth-order valence-electron chi connectivity index (χ4n) is 2.03. The molecule has 0 unspecified atom stereocenters. The van der Waals surface area contributed by atoms with Gasteiger partial charge in [-0.25, -0.2) is 0 Å². The molecule has 1 amide bonds. The van der Waals surface area contributed by atoms with Crippen molar-refractivity contribution in [3.63, 3.8) is 0 Å². The summed E-state index contributed by atoms with van der Waals surface area (Å²) < 4.78 is 6.12. The van der Waals surface area contributed by atoms with Gasteiger partial charge < -0.3 is 10.1 Å². The Morgan fingerprint density at radius 2 is 1.95 bits per heavy atom. The summed E-state index contributed by atoms with van der Waals surface area (Å²) in [6.45, 7) is 0. The molecule has 0 radical (unpaired) electrons. The zero-order valence-corrected chi connectivity index (χ0v) is 12.8. The second kappa shape index (κ2) is 5.76. The lowest BCUT2D eigenvalue weighted by molar-refractivity contribution is 0.103. The van der Waals surface area contributed by atoms with Crippen molar-refractivity contribution in [2.24, 2.45) is 0 Å². The minimum Gasteiger partial charge on any atom is -0.497 e. The highest BCUT2D eigenvalue weighted by Crippen LogP contribution is 2.37. The number of thiophene rings is 1. The molecule has 0 bridgehead atoms. The molecule has 3 rings (SSSR count). The summed E-state index contributed by atoms with van der Waals surface area (Å²) >= 11 is 7.68. The Hall–Kier alpha value is -2.04. The highest BCUT2D eigenvalue weighted by Gasteiger charge is 2.17. The summed E-state index contributed by atoms with van der Waals surface area (Å²) in [5.74, 6) is 0.543. The lowest BCUT2D eigenvalue weighted by Gasteiger charge is -2.03. The van der Waals surface area contributed by atoms with Gasteiger partial charge in [0.15, 0.2) is 0 Å². The number of carbonyl (C=O) groups is 1. The second-order valence-corrected chi connectivity index (χ2v) is 5.86. The van der Waals surface area contributed by atoms with Crippen LogP contribution in [0.5, 0.6) is 5.75 Å². The molecule has 1 aromatic heterocycles. The van der Waals surface area contributed by atoms with Gasteiger partial charge >= 0.3 is 0 Å². The van der Waals surface area contributed by atoms with Crippen LogP contribution < -0.4 is 10.1 Å². The van der Waals surface area contributed by atoms with Crippen molar-refractivity contribution in [1.82, 2.24) is 0 Å².